The van der Waals surface area contributed by atoms with Crippen molar-refractivity contribution in [2.75, 3.05) is 73.6 Å². The molecule has 4 heterocycles. The Kier molecular flexibility index (Phi) is 10.2. The summed E-state index contributed by atoms with van der Waals surface area (Å²) in [6.07, 6.45) is 9.65. The minimum Gasteiger partial charge on any atom is -0.494 e. The Balaban J connectivity index is 1.07. The van der Waals surface area contributed by atoms with E-state index in [1.165, 1.54) is 50.8 Å². The average molecular weight is 691 g/mol. The number of hydrogen-bond donors (Lipinski definition) is 2. The van der Waals surface area contributed by atoms with Crippen LogP contribution in [0.1, 0.15) is 50.1 Å². The molecule has 4 aliphatic rings. The van der Waals surface area contributed by atoms with Gasteiger partial charge in [-0.3, -0.25) is 19.4 Å². The summed E-state index contributed by atoms with van der Waals surface area (Å²) in [7, 11) is 1.63. The average Bonchev–Trinajstić information content (AvgIpc) is 3.60. The molecule has 11 nitrogen and oxygen atoms in total. The van der Waals surface area contributed by atoms with E-state index in [4.69, 9.17) is 21.2 Å². The number of halogens is 2. The molecule has 0 unspecified atom stereocenters. The number of hydroxylamine groups is 1. The molecule has 1 aliphatic carbocycles. The van der Waals surface area contributed by atoms with Crippen molar-refractivity contribution in [2.24, 2.45) is 0 Å². The standard InChI is InChI=1S/C36H44ClFN8O3/c1-3-36(47)42-29-20-30(41-34-22-35(40-23-39-34)46-31(11-18-49-46)24-7-8-28(38)27(37)19-24)33(48-2)21-32(29)45-12-9-26(10-13-45)44-16-14-43(15-17-44)25-5-4-6-25/h3,7-8,19-23,25-26,31H,1,4-6,9-18H2,2H3,(H,42,47)(H,39,40,41)/t31-/m1/s1. The molecule has 3 aliphatic heterocycles. The number of anilines is 5. The third-order valence-corrected chi connectivity index (χ3v) is 10.7. The Morgan fingerprint density at radius 2 is 1.71 bits per heavy atom. The zero-order valence-electron chi connectivity index (χ0n) is 27.9. The van der Waals surface area contributed by atoms with Gasteiger partial charge in [-0.05, 0) is 55.5 Å². The fraction of sp³-hybridized carbons (Fsp3) is 0.472. The number of amides is 1. The van der Waals surface area contributed by atoms with Gasteiger partial charge in [0.1, 0.15) is 23.7 Å². The molecule has 0 bridgehead atoms. The van der Waals surface area contributed by atoms with E-state index in [1.807, 2.05) is 12.1 Å². The molecule has 3 aromatic rings. The van der Waals surface area contributed by atoms with E-state index in [0.29, 0.717) is 47.8 Å². The maximum atomic E-state index is 13.9. The van der Waals surface area contributed by atoms with Gasteiger partial charge in [0.25, 0.3) is 0 Å². The normalized spacial score (nSPS) is 21.0. The van der Waals surface area contributed by atoms with Crippen LogP contribution in [0.15, 0.2) is 55.4 Å². The molecule has 2 aromatic carbocycles. The summed E-state index contributed by atoms with van der Waals surface area (Å²) >= 11 is 6.08. The lowest BCUT2D eigenvalue weighted by atomic mass is 9.91. The van der Waals surface area contributed by atoms with Gasteiger partial charge in [-0.1, -0.05) is 30.7 Å². The number of benzene rings is 2. The number of aromatic nitrogens is 2. The van der Waals surface area contributed by atoms with Crippen molar-refractivity contribution in [3.8, 4) is 5.75 Å². The molecule has 0 radical (unpaired) electrons. The lowest BCUT2D eigenvalue weighted by Crippen LogP contribution is -2.56. The Bertz CT molecular complexity index is 1660. The lowest BCUT2D eigenvalue weighted by molar-refractivity contribution is -0.111. The first kappa shape index (κ1) is 33.5. The zero-order valence-corrected chi connectivity index (χ0v) is 28.7. The van der Waals surface area contributed by atoms with E-state index in [1.54, 1.807) is 30.4 Å². The second-order valence-electron chi connectivity index (χ2n) is 13.2. The van der Waals surface area contributed by atoms with E-state index in [9.17, 15) is 9.18 Å². The quantitative estimate of drug-likeness (QED) is 0.241. The topological polar surface area (TPSA) is 98.3 Å². The minimum absolute atomic E-state index is 0.0613. The molecule has 13 heteroatoms. The molecule has 49 heavy (non-hydrogen) atoms. The Morgan fingerprint density at radius 1 is 0.980 bits per heavy atom. The van der Waals surface area contributed by atoms with Crippen molar-refractivity contribution in [1.29, 1.82) is 0 Å². The highest BCUT2D eigenvalue weighted by atomic mass is 35.5. The Labute approximate surface area is 292 Å². The molecule has 1 saturated carbocycles. The van der Waals surface area contributed by atoms with E-state index in [2.05, 4.69) is 41.9 Å². The summed E-state index contributed by atoms with van der Waals surface area (Å²) in [6, 6.07) is 11.5. The van der Waals surface area contributed by atoms with Gasteiger partial charge >= 0.3 is 0 Å². The zero-order chi connectivity index (χ0) is 33.9. The molecule has 260 valence electrons. The summed E-state index contributed by atoms with van der Waals surface area (Å²) in [5.74, 6) is 0.881. The second kappa shape index (κ2) is 14.9. The molecule has 4 fully saturated rings. The largest absolute Gasteiger partial charge is 0.494 e. The third-order valence-electron chi connectivity index (χ3n) is 10.4. The smallest absolute Gasteiger partial charge is 0.247 e. The first-order chi connectivity index (χ1) is 23.9. The summed E-state index contributed by atoms with van der Waals surface area (Å²) < 4.78 is 19.7. The molecule has 7 rings (SSSR count). The Hall–Kier alpha value is -3.97. The van der Waals surface area contributed by atoms with Crippen molar-refractivity contribution in [1.82, 2.24) is 19.8 Å². The number of ether oxygens (including phenoxy) is 1. The number of nitrogens with one attached hydrogen (secondary N) is 2. The maximum Gasteiger partial charge on any atom is 0.247 e. The van der Waals surface area contributed by atoms with Crippen LogP contribution in [0.4, 0.5) is 33.1 Å². The fourth-order valence-electron chi connectivity index (χ4n) is 7.46. The van der Waals surface area contributed by atoms with Crippen LogP contribution in [0.5, 0.6) is 5.75 Å². The van der Waals surface area contributed by atoms with Crippen LogP contribution in [-0.2, 0) is 9.63 Å². The summed E-state index contributed by atoms with van der Waals surface area (Å²) in [4.78, 5) is 35.1. The van der Waals surface area contributed by atoms with Crippen molar-refractivity contribution >= 4 is 46.2 Å². The number of rotatable bonds is 10. The van der Waals surface area contributed by atoms with Crippen molar-refractivity contribution in [3.63, 3.8) is 0 Å². The first-order valence-corrected chi connectivity index (χ1v) is 17.6. The lowest BCUT2D eigenvalue weighted by Gasteiger charge is -2.46. The van der Waals surface area contributed by atoms with Gasteiger partial charge in [-0.2, -0.15) is 0 Å². The van der Waals surface area contributed by atoms with Crippen molar-refractivity contribution in [3.05, 3.63) is 71.8 Å². The first-order valence-electron chi connectivity index (χ1n) is 17.2. The van der Waals surface area contributed by atoms with Crippen LogP contribution >= 0.6 is 11.6 Å². The van der Waals surface area contributed by atoms with Crippen molar-refractivity contribution in [2.45, 2.75) is 56.7 Å². The summed E-state index contributed by atoms with van der Waals surface area (Å²) in [5.41, 5.74) is 3.01. The van der Waals surface area contributed by atoms with Crippen LogP contribution in [-0.4, -0.2) is 90.7 Å². The van der Waals surface area contributed by atoms with Crippen LogP contribution in [0, 0.1) is 5.82 Å². The van der Waals surface area contributed by atoms with Gasteiger partial charge in [-0.15, -0.1) is 0 Å². The van der Waals surface area contributed by atoms with Gasteiger partial charge in [0.05, 0.1) is 41.8 Å². The van der Waals surface area contributed by atoms with E-state index >= 15 is 0 Å². The van der Waals surface area contributed by atoms with Crippen LogP contribution in [0.25, 0.3) is 0 Å². The van der Waals surface area contributed by atoms with Crippen molar-refractivity contribution < 1.29 is 18.8 Å². The number of methoxy groups -OCH3 is 1. The number of carbonyl (C=O) groups excluding carboxylic acids is 1. The summed E-state index contributed by atoms with van der Waals surface area (Å²) in [5, 5.41) is 8.13. The number of nitrogens with zero attached hydrogens (tertiary/aromatic N) is 6. The number of carbonyl (C=O) groups is 1. The van der Waals surface area contributed by atoms with Gasteiger partial charge < -0.3 is 20.3 Å². The monoisotopic (exact) mass is 690 g/mol. The molecular weight excluding hydrogens is 647 g/mol. The van der Waals surface area contributed by atoms with Gasteiger partial charge in [0.2, 0.25) is 5.91 Å². The van der Waals surface area contributed by atoms with Gasteiger partial charge in [-0.25, -0.2) is 19.4 Å². The van der Waals surface area contributed by atoms with Crippen LogP contribution < -0.4 is 25.3 Å². The predicted octanol–water partition coefficient (Wildman–Crippen LogP) is 6.17. The van der Waals surface area contributed by atoms with E-state index < -0.39 is 5.82 Å². The number of piperazine rings is 1. The maximum absolute atomic E-state index is 13.9. The van der Waals surface area contributed by atoms with E-state index in [-0.39, 0.29) is 17.0 Å². The highest BCUT2D eigenvalue weighted by Gasteiger charge is 2.33. The third kappa shape index (κ3) is 7.33. The molecule has 0 spiro atoms. The number of hydrogen-bond acceptors (Lipinski definition) is 10. The molecule has 2 N–H and O–H groups in total. The number of piperidine rings is 1. The molecular formula is C36H44ClFN8O3. The molecule has 3 saturated heterocycles. The summed E-state index contributed by atoms with van der Waals surface area (Å²) in [6.45, 7) is 10.5. The molecule has 1 atom stereocenters. The highest BCUT2D eigenvalue weighted by molar-refractivity contribution is 6.30. The Morgan fingerprint density at radius 3 is 2.37 bits per heavy atom. The van der Waals surface area contributed by atoms with E-state index in [0.717, 1.165) is 56.3 Å². The van der Waals surface area contributed by atoms with Crippen LogP contribution in [0.2, 0.25) is 5.02 Å². The predicted molar refractivity (Wildman–Crippen MR) is 190 cm³/mol. The van der Waals surface area contributed by atoms with Gasteiger partial charge in [0, 0.05) is 69.9 Å². The second-order valence-corrected chi connectivity index (χ2v) is 13.6. The minimum atomic E-state index is -0.467. The fourth-order valence-corrected chi connectivity index (χ4v) is 7.65. The SMILES string of the molecule is C=CC(=O)Nc1cc(Nc2cc(N3OCC[C@@H]3c3ccc(F)c(Cl)c3)ncn2)c(OC)cc1N1CCC(N2CCN(C3CCC3)CC2)CC1. The highest BCUT2D eigenvalue weighted by Crippen LogP contribution is 2.41. The molecule has 1 aromatic heterocycles. The molecule has 1 amide bonds. The van der Waals surface area contributed by atoms with Crippen LogP contribution in [0.3, 0.4) is 0 Å². The van der Waals surface area contributed by atoms with Gasteiger partial charge in [0.15, 0.2) is 5.82 Å².